The van der Waals surface area contributed by atoms with E-state index in [0.717, 1.165) is 22.4 Å². The van der Waals surface area contributed by atoms with Crippen molar-refractivity contribution >= 4 is 11.6 Å². The first-order valence-electron chi connectivity index (χ1n) is 8.01. The van der Waals surface area contributed by atoms with E-state index < -0.39 is 33.7 Å². The largest absolute Gasteiger partial charge is 0.491 e. The Morgan fingerprint density at radius 3 is 2.78 bits per heavy atom. The summed E-state index contributed by atoms with van der Waals surface area (Å²) < 4.78 is 6.46. The number of rotatable bonds is 9. The Morgan fingerprint density at radius 2 is 2.15 bits per heavy atom. The van der Waals surface area contributed by atoms with Crippen LogP contribution in [0.3, 0.4) is 0 Å². The maximum absolute atomic E-state index is 12.2. The number of amides is 1. The fourth-order valence-corrected chi connectivity index (χ4v) is 2.47. The van der Waals surface area contributed by atoms with Gasteiger partial charge in [0.2, 0.25) is 0 Å². The zero-order valence-corrected chi connectivity index (χ0v) is 14.4. The van der Waals surface area contributed by atoms with Gasteiger partial charge in [-0.05, 0) is 18.1 Å². The lowest BCUT2D eigenvalue weighted by Crippen LogP contribution is -2.34. The third-order valence-electron chi connectivity index (χ3n) is 3.72. The number of para-hydroxylation sites is 1. The molecule has 9 heteroatoms. The Labute approximate surface area is 154 Å². The van der Waals surface area contributed by atoms with Gasteiger partial charge < -0.3 is 20.1 Å². The number of hydrogen-bond donors (Lipinski definition) is 2. The fraction of sp³-hybridized carbons (Fsp3) is 0.222. The summed E-state index contributed by atoms with van der Waals surface area (Å²) in [5.41, 5.74) is 4.15. The van der Waals surface area contributed by atoms with Gasteiger partial charge in [-0.15, -0.1) is 6.58 Å². The number of nitro groups is 1. The summed E-state index contributed by atoms with van der Waals surface area (Å²) in [5.74, 6) is -0.526. The number of ether oxygens (including phenoxy) is 1. The van der Waals surface area contributed by atoms with Crippen LogP contribution in [-0.2, 0) is 13.0 Å². The molecule has 27 heavy (non-hydrogen) atoms. The number of benzene rings is 1. The number of nitrogens with zero attached hydrogens (tertiary/aromatic N) is 2. The average Bonchev–Trinajstić information content (AvgIpc) is 2.62. The van der Waals surface area contributed by atoms with Gasteiger partial charge in [-0.1, -0.05) is 24.3 Å². The SMILES string of the molecule is C=CCc1ccccc1OCC(O)Cn1cc([N+](=O)[O-])cc(C(N)=O)c1=O. The highest BCUT2D eigenvalue weighted by atomic mass is 16.6. The third-order valence-corrected chi connectivity index (χ3v) is 3.72. The number of carbonyl (C=O) groups excluding carboxylic acids is 1. The summed E-state index contributed by atoms with van der Waals surface area (Å²) in [6.07, 6.45) is 2.09. The molecule has 0 aliphatic carbocycles. The van der Waals surface area contributed by atoms with E-state index >= 15 is 0 Å². The summed E-state index contributed by atoms with van der Waals surface area (Å²) in [5, 5.41) is 21.2. The van der Waals surface area contributed by atoms with Crippen LogP contribution < -0.4 is 16.0 Å². The minimum atomic E-state index is -1.15. The number of aliphatic hydroxyl groups is 1. The van der Waals surface area contributed by atoms with Crippen molar-refractivity contribution in [2.45, 2.75) is 19.1 Å². The van der Waals surface area contributed by atoms with Gasteiger partial charge in [0.25, 0.3) is 17.2 Å². The molecule has 1 aromatic heterocycles. The molecule has 2 aromatic rings. The van der Waals surface area contributed by atoms with E-state index in [-0.39, 0.29) is 13.2 Å². The Morgan fingerprint density at radius 1 is 1.44 bits per heavy atom. The molecular formula is C18H19N3O6. The van der Waals surface area contributed by atoms with Gasteiger partial charge in [-0.3, -0.25) is 19.7 Å². The van der Waals surface area contributed by atoms with Gasteiger partial charge in [0, 0.05) is 6.07 Å². The second-order valence-corrected chi connectivity index (χ2v) is 5.76. The summed E-state index contributed by atoms with van der Waals surface area (Å²) in [6, 6.07) is 8.02. The molecule has 0 spiro atoms. The first kappa shape index (κ1) is 19.9. The van der Waals surface area contributed by atoms with Crippen LogP contribution >= 0.6 is 0 Å². The lowest BCUT2D eigenvalue weighted by molar-refractivity contribution is -0.385. The Bertz CT molecular complexity index is 922. The van der Waals surface area contributed by atoms with Gasteiger partial charge >= 0.3 is 0 Å². The molecule has 0 radical (unpaired) electrons. The lowest BCUT2D eigenvalue weighted by atomic mass is 10.1. The number of carbonyl (C=O) groups is 1. The lowest BCUT2D eigenvalue weighted by Gasteiger charge is -2.16. The van der Waals surface area contributed by atoms with Crippen LogP contribution in [0, 0.1) is 10.1 Å². The molecule has 3 N–H and O–H groups in total. The van der Waals surface area contributed by atoms with Crippen LogP contribution in [0.2, 0.25) is 0 Å². The highest BCUT2D eigenvalue weighted by molar-refractivity contribution is 5.92. The van der Waals surface area contributed by atoms with Crippen molar-refractivity contribution in [1.82, 2.24) is 4.57 Å². The summed E-state index contributed by atoms with van der Waals surface area (Å²) >= 11 is 0. The zero-order valence-electron chi connectivity index (χ0n) is 14.4. The molecule has 1 heterocycles. The van der Waals surface area contributed by atoms with Gasteiger partial charge in [0.05, 0.1) is 17.7 Å². The van der Waals surface area contributed by atoms with Crippen LogP contribution in [0.4, 0.5) is 5.69 Å². The number of aliphatic hydroxyl groups excluding tert-OH is 1. The topological polar surface area (TPSA) is 138 Å². The third kappa shape index (κ3) is 5.02. The minimum Gasteiger partial charge on any atom is -0.491 e. The minimum absolute atomic E-state index is 0.158. The highest BCUT2D eigenvalue weighted by Gasteiger charge is 2.19. The van der Waals surface area contributed by atoms with E-state index in [2.05, 4.69) is 6.58 Å². The molecule has 0 aliphatic heterocycles. The predicted octanol–water partition coefficient (Wildman–Crippen LogP) is 1.02. The van der Waals surface area contributed by atoms with Crippen molar-refractivity contribution in [3.8, 4) is 5.75 Å². The molecule has 2 rings (SSSR count). The van der Waals surface area contributed by atoms with Crippen molar-refractivity contribution < 1.29 is 19.6 Å². The van der Waals surface area contributed by atoms with Crippen LogP contribution in [0.25, 0.3) is 0 Å². The van der Waals surface area contributed by atoms with Crippen molar-refractivity contribution in [2.75, 3.05) is 6.61 Å². The molecule has 0 aliphatic rings. The van der Waals surface area contributed by atoms with Gasteiger partial charge in [-0.2, -0.15) is 0 Å². The maximum atomic E-state index is 12.2. The number of pyridine rings is 1. The molecule has 142 valence electrons. The van der Waals surface area contributed by atoms with E-state index in [9.17, 15) is 24.8 Å². The molecule has 9 nitrogen and oxygen atoms in total. The Hall–Kier alpha value is -3.46. The first-order chi connectivity index (χ1) is 12.8. The number of hydrogen-bond acceptors (Lipinski definition) is 6. The molecule has 0 saturated heterocycles. The molecule has 1 atom stereocenters. The van der Waals surface area contributed by atoms with E-state index in [0.29, 0.717) is 12.2 Å². The standard InChI is InChI=1S/C18H19N3O6/c1-2-5-12-6-3-4-7-16(12)27-11-14(22)10-20-9-13(21(25)26)8-15(17(19)23)18(20)24/h2-4,6-9,14,22H,1,5,10-11H2,(H2,19,23). The van der Waals surface area contributed by atoms with E-state index in [4.69, 9.17) is 10.5 Å². The Kier molecular flexibility index (Phi) is 6.45. The quantitative estimate of drug-likeness (QED) is 0.382. The average molecular weight is 373 g/mol. The molecule has 0 saturated carbocycles. The second kappa shape index (κ2) is 8.77. The van der Waals surface area contributed by atoms with Crippen molar-refractivity contribution in [1.29, 1.82) is 0 Å². The van der Waals surface area contributed by atoms with Crippen LogP contribution in [0.5, 0.6) is 5.75 Å². The van der Waals surface area contributed by atoms with Crippen molar-refractivity contribution in [3.05, 3.63) is 80.8 Å². The molecule has 1 aromatic carbocycles. The van der Waals surface area contributed by atoms with E-state index in [1.54, 1.807) is 18.2 Å². The highest BCUT2D eigenvalue weighted by Crippen LogP contribution is 2.19. The first-order valence-corrected chi connectivity index (χ1v) is 8.01. The van der Waals surface area contributed by atoms with E-state index in [1.807, 2.05) is 12.1 Å². The number of primary amides is 1. The number of nitrogens with two attached hydrogens (primary N) is 1. The molecule has 0 fully saturated rings. The smallest absolute Gasteiger partial charge is 0.286 e. The second-order valence-electron chi connectivity index (χ2n) is 5.76. The summed E-state index contributed by atoms with van der Waals surface area (Å²) in [4.78, 5) is 33.8. The number of allylic oxidation sites excluding steroid dienone is 1. The monoisotopic (exact) mass is 373 g/mol. The van der Waals surface area contributed by atoms with Gasteiger partial charge in [0.1, 0.15) is 24.0 Å². The number of aromatic nitrogens is 1. The molecular weight excluding hydrogens is 354 g/mol. The van der Waals surface area contributed by atoms with Crippen LogP contribution in [-0.4, -0.2) is 33.2 Å². The summed E-state index contributed by atoms with van der Waals surface area (Å²) in [6.45, 7) is 3.21. The van der Waals surface area contributed by atoms with Crippen LogP contribution in [0.1, 0.15) is 15.9 Å². The summed E-state index contributed by atoms with van der Waals surface area (Å²) in [7, 11) is 0. The van der Waals surface area contributed by atoms with E-state index in [1.165, 1.54) is 0 Å². The molecule has 0 bridgehead atoms. The van der Waals surface area contributed by atoms with Gasteiger partial charge in [-0.25, -0.2) is 0 Å². The maximum Gasteiger partial charge on any atom is 0.286 e. The van der Waals surface area contributed by atoms with Crippen molar-refractivity contribution in [2.24, 2.45) is 5.73 Å². The molecule has 1 amide bonds. The molecule has 1 unspecified atom stereocenters. The predicted molar refractivity (Wildman–Crippen MR) is 97.7 cm³/mol. The fourth-order valence-electron chi connectivity index (χ4n) is 2.47. The Balaban J connectivity index is 2.17. The van der Waals surface area contributed by atoms with Crippen LogP contribution in [0.15, 0.2) is 54.0 Å². The normalized spacial score (nSPS) is 11.6. The van der Waals surface area contributed by atoms with Gasteiger partial charge in [0.15, 0.2) is 0 Å². The zero-order chi connectivity index (χ0) is 20.0. The van der Waals surface area contributed by atoms with Crippen molar-refractivity contribution in [3.63, 3.8) is 0 Å².